The molecule has 8 heteroatoms. The Morgan fingerprint density at radius 3 is 2.64 bits per heavy atom. The van der Waals surface area contributed by atoms with E-state index < -0.39 is 0 Å². The number of hydrazone groups is 1. The molecule has 0 unspecified atom stereocenters. The second-order valence-corrected chi connectivity index (χ2v) is 8.09. The quantitative estimate of drug-likeness (QED) is 0.249. The maximum atomic E-state index is 11.5. The van der Waals surface area contributed by atoms with Gasteiger partial charge in [0.05, 0.1) is 31.9 Å². The fraction of sp³-hybridized carbons (Fsp3) is 0. The van der Waals surface area contributed by atoms with Crippen molar-refractivity contribution in [1.82, 2.24) is 4.98 Å². The Balaban J connectivity index is 1.55. The van der Waals surface area contributed by atoms with E-state index in [-0.39, 0.29) is 10.6 Å². The van der Waals surface area contributed by atoms with Crippen molar-refractivity contribution in [3.63, 3.8) is 0 Å². The Morgan fingerprint density at radius 2 is 1.86 bits per heavy atom. The zero-order valence-electron chi connectivity index (χ0n) is 14.5. The molecule has 6 nitrogen and oxygen atoms in total. The van der Waals surface area contributed by atoms with E-state index in [4.69, 9.17) is 0 Å². The molecular weight excluding hydrogens is 392 g/mol. The van der Waals surface area contributed by atoms with E-state index in [2.05, 4.69) is 15.5 Å². The van der Waals surface area contributed by atoms with Gasteiger partial charge in [0.25, 0.3) is 5.69 Å². The predicted molar refractivity (Wildman–Crippen MR) is 114 cm³/mol. The van der Waals surface area contributed by atoms with E-state index in [0.29, 0.717) is 10.5 Å². The van der Waals surface area contributed by atoms with Crippen LogP contribution in [0.1, 0.15) is 5.56 Å². The van der Waals surface area contributed by atoms with Crippen LogP contribution in [0.3, 0.4) is 0 Å². The van der Waals surface area contributed by atoms with Crippen LogP contribution in [-0.4, -0.2) is 16.1 Å². The van der Waals surface area contributed by atoms with Crippen LogP contribution in [0, 0.1) is 10.1 Å². The van der Waals surface area contributed by atoms with Crippen LogP contribution in [0.2, 0.25) is 0 Å². The van der Waals surface area contributed by atoms with Gasteiger partial charge in [-0.25, -0.2) is 4.98 Å². The number of anilines is 1. The van der Waals surface area contributed by atoms with Gasteiger partial charge in [-0.1, -0.05) is 48.2 Å². The van der Waals surface area contributed by atoms with E-state index in [0.717, 1.165) is 20.2 Å². The van der Waals surface area contributed by atoms with Gasteiger partial charge in [0, 0.05) is 11.6 Å². The number of hydrogen-bond donors (Lipinski definition) is 1. The first-order valence-corrected chi connectivity index (χ1v) is 9.98. The third-order valence-corrected chi connectivity index (χ3v) is 5.99. The molecular formula is C20H14N4O2S2. The van der Waals surface area contributed by atoms with Crippen molar-refractivity contribution in [2.45, 2.75) is 9.24 Å². The van der Waals surface area contributed by atoms with Crippen molar-refractivity contribution >= 4 is 50.9 Å². The number of rotatable bonds is 6. The van der Waals surface area contributed by atoms with E-state index >= 15 is 0 Å². The number of thiazole rings is 1. The molecule has 0 atom stereocenters. The number of fused-ring (bicyclic) bond motifs is 1. The normalized spacial score (nSPS) is 11.1. The largest absolute Gasteiger partial charge is 0.283 e. The first-order chi connectivity index (χ1) is 13.7. The molecule has 0 aliphatic carbocycles. The summed E-state index contributed by atoms with van der Waals surface area (Å²) in [7, 11) is 0. The molecule has 1 aromatic heterocycles. The van der Waals surface area contributed by atoms with Crippen LogP contribution in [0.5, 0.6) is 0 Å². The Hall–Kier alpha value is -3.23. The van der Waals surface area contributed by atoms with Crippen molar-refractivity contribution in [2.24, 2.45) is 5.10 Å². The van der Waals surface area contributed by atoms with Crippen molar-refractivity contribution < 1.29 is 4.92 Å². The summed E-state index contributed by atoms with van der Waals surface area (Å²) in [4.78, 5) is 16.3. The van der Waals surface area contributed by atoms with Gasteiger partial charge in [-0.2, -0.15) is 5.10 Å². The number of nitrogens with zero attached hydrogens (tertiary/aromatic N) is 3. The van der Waals surface area contributed by atoms with E-state index in [1.807, 2.05) is 54.6 Å². The molecule has 4 aromatic rings. The van der Waals surface area contributed by atoms with Gasteiger partial charge in [0.1, 0.15) is 0 Å². The molecule has 4 rings (SSSR count). The van der Waals surface area contributed by atoms with Gasteiger partial charge in [-0.15, -0.1) is 11.3 Å². The molecule has 0 radical (unpaired) electrons. The number of para-hydroxylation sites is 2. The third kappa shape index (κ3) is 4.19. The molecule has 0 fully saturated rings. The van der Waals surface area contributed by atoms with Crippen LogP contribution in [0.4, 0.5) is 11.4 Å². The molecule has 0 amide bonds. The van der Waals surface area contributed by atoms with E-state index in [1.165, 1.54) is 29.2 Å². The smallest absolute Gasteiger partial charge is 0.279 e. The second-order valence-electron chi connectivity index (χ2n) is 5.77. The molecule has 0 aliphatic rings. The third-order valence-electron chi connectivity index (χ3n) is 3.83. The van der Waals surface area contributed by atoms with Gasteiger partial charge in [0.2, 0.25) is 0 Å². The average molecular weight is 406 g/mol. The first kappa shape index (κ1) is 18.1. The fourth-order valence-electron chi connectivity index (χ4n) is 2.53. The maximum Gasteiger partial charge on any atom is 0.283 e. The monoisotopic (exact) mass is 406 g/mol. The first-order valence-electron chi connectivity index (χ1n) is 8.35. The molecule has 1 heterocycles. The lowest BCUT2D eigenvalue weighted by Crippen LogP contribution is -1.94. The number of aromatic nitrogens is 1. The van der Waals surface area contributed by atoms with Crippen LogP contribution in [-0.2, 0) is 0 Å². The SMILES string of the molecule is O=[N+]([O-])c1cc(/C=N\Nc2ccccc2)ccc1Sc1nc2ccccc2s1. The zero-order chi connectivity index (χ0) is 19.3. The van der Waals surface area contributed by atoms with Crippen LogP contribution >= 0.6 is 23.1 Å². The topological polar surface area (TPSA) is 80.4 Å². The summed E-state index contributed by atoms with van der Waals surface area (Å²) in [5, 5.41) is 15.7. The van der Waals surface area contributed by atoms with Crippen LogP contribution < -0.4 is 5.43 Å². The minimum Gasteiger partial charge on any atom is -0.279 e. The standard InChI is InChI=1S/C20H14N4O2S2/c25-24(26)17-12-14(13-21-23-15-6-2-1-3-7-15)10-11-19(17)28-20-22-16-8-4-5-9-18(16)27-20/h1-13,23H/b21-13-. The lowest BCUT2D eigenvalue weighted by molar-refractivity contribution is -0.387. The van der Waals surface area contributed by atoms with Crippen LogP contribution in [0.25, 0.3) is 10.2 Å². The summed E-state index contributed by atoms with van der Waals surface area (Å²) in [5.41, 5.74) is 5.32. The molecule has 0 saturated heterocycles. The maximum absolute atomic E-state index is 11.5. The summed E-state index contributed by atoms with van der Waals surface area (Å²) in [6.45, 7) is 0. The molecule has 0 spiro atoms. The molecule has 0 saturated carbocycles. The van der Waals surface area contributed by atoms with Gasteiger partial charge in [-0.05, 0) is 30.3 Å². The predicted octanol–water partition coefficient (Wildman–Crippen LogP) is 5.80. The van der Waals surface area contributed by atoms with Gasteiger partial charge >= 0.3 is 0 Å². The highest BCUT2D eigenvalue weighted by Crippen LogP contribution is 2.38. The summed E-state index contributed by atoms with van der Waals surface area (Å²) < 4.78 is 1.83. The lowest BCUT2D eigenvalue weighted by Gasteiger charge is -2.02. The highest BCUT2D eigenvalue weighted by Gasteiger charge is 2.17. The highest BCUT2D eigenvalue weighted by molar-refractivity contribution is 8.01. The molecule has 3 aromatic carbocycles. The van der Waals surface area contributed by atoms with Crippen molar-refractivity contribution in [3.8, 4) is 0 Å². The molecule has 28 heavy (non-hydrogen) atoms. The number of nitrogens with one attached hydrogen (secondary N) is 1. The van der Waals surface area contributed by atoms with E-state index in [9.17, 15) is 10.1 Å². The Morgan fingerprint density at radius 1 is 1.07 bits per heavy atom. The van der Waals surface area contributed by atoms with Crippen LogP contribution in [0.15, 0.2) is 87.1 Å². The fourth-order valence-corrected chi connectivity index (χ4v) is 4.64. The van der Waals surface area contributed by atoms with Gasteiger partial charge < -0.3 is 0 Å². The zero-order valence-corrected chi connectivity index (χ0v) is 16.1. The van der Waals surface area contributed by atoms with Crippen molar-refractivity contribution in [3.05, 3.63) is 88.5 Å². The minimum atomic E-state index is -0.377. The number of nitro groups is 1. The lowest BCUT2D eigenvalue weighted by atomic mass is 10.2. The minimum absolute atomic E-state index is 0.0351. The van der Waals surface area contributed by atoms with Crippen molar-refractivity contribution in [1.29, 1.82) is 0 Å². The van der Waals surface area contributed by atoms with E-state index in [1.54, 1.807) is 18.3 Å². The Bertz CT molecular complexity index is 1130. The molecule has 0 bridgehead atoms. The summed E-state index contributed by atoms with van der Waals surface area (Å²) >= 11 is 2.82. The number of nitro benzene ring substituents is 1. The van der Waals surface area contributed by atoms with Crippen molar-refractivity contribution in [2.75, 3.05) is 5.43 Å². The summed E-state index contributed by atoms with van der Waals surface area (Å²) in [6.07, 6.45) is 1.56. The molecule has 1 N–H and O–H groups in total. The summed E-state index contributed by atoms with van der Waals surface area (Å²) in [6, 6.07) is 22.4. The second kappa shape index (κ2) is 8.20. The molecule has 0 aliphatic heterocycles. The number of benzene rings is 3. The average Bonchev–Trinajstić information content (AvgIpc) is 3.12. The Labute approximate surface area is 169 Å². The summed E-state index contributed by atoms with van der Waals surface area (Å²) in [5.74, 6) is 0. The van der Waals surface area contributed by atoms with Gasteiger partial charge in [0.15, 0.2) is 4.34 Å². The van der Waals surface area contributed by atoms with Gasteiger partial charge in [-0.3, -0.25) is 15.5 Å². The number of hydrogen-bond acceptors (Lipinski definition) is 7. The Kier molecular flexibility index (Phi) is 5.31. The highest BCUT2D eigenvalue weighted by atomic mass is 32.2. The molecule has 138 valence electrons.